The Labute approximate surface area is 89.9 Å². The van der Waals surface area contributed by atoms with E-state index in [-0.39, 0.29) is 0 Å². The molecule has 1 aromatic heterocycles. The van der Waals surface area contributed by atoms with E-state index < -0.39 is 0 Å². The van der Waals surface area contributed by atoms with Crippen LogP contribution < -0.4 is 10.1 Å². The first kappa shape index (κ1) is 11.5. The van der Waals surface area contributed by atoms with Crippen LogP contribution in [-0.4, -0.2) is 24.2 Å². The normalized spacial score (nSPS) is 10.0. The smallest absolute Gasteiger partial charge is 0.155 e. The quantitative estimate of drug-likeness (QED) is 0.737. The second kappa shape index (κ2) is 5.99. The minimum atomic E-state index is 0.443. The van der Waals surface area contributed by atoms with Gasteiger partial charge in [0.2, 0.25) is 0 Å². The summed E-state index contributed by atoms with van der Waals surface area (Å²) in [4.78, 5) is 3.91. The minimum Gasteiger partial charge on any atom is -0.489 e. The molecule has 0 bridgehead atoms. The Morgan fingerprint density at radius 2 is 2.40 bits per heavy atom. The van der Waals surface area contributed by atoms with Crippen molar-refractivity contribution in [2.45, 2.75) is 19.9 Å². The van der Waals surface area contributed by atoms with Gasteiger partial charge in [0.05, 0.1) is 11.8 Å². The van der Waals surface area contributed by atoms with E-state index in [1.54, 1.807) is 18.5 Å². The standard InChI is InChI=1S/C11H15N3O/c1-9(2)14-5-6-15-11-8-13-4-3-10(11)7-12/h3-4,8-9,14H,5-6H2,1-2H3. The summed E-state index contributed by atoms with van der Waals surface area (Å²) in [5.74, 6) is 0.547. The van der Waals surface area contributed by atoms with Crippen molar-refractivity contribution in [3.05, 3.63) is 24.0 Å². The maximum atomic E-state index is 8.79. The van der Waals surface area contributed by atoms with Crippen LogP contribution in [0, 0.1) is 11.3 Å². The number of pyridine rings is 1. The first-order chi connectivity index (χ1) is 7.24. The van der Waals surface area contributed by atoms with Crippen molar-refractivity contribution in [3.8, 4) is 11.8 Å². The molecule has 0 spiro atoms. The first-order valence-corrected chi connectivity index (χ1v) is 4.94. The third-order valence-electron chi connectivity index (χ3n) is 1.82. The number of nitrogens with zero attached hydrogens (tertiary/aromatic N) is 2. The summed E-state index contributed by atoms with van der Waals surface area (Å²) in [5, 5.41) is 12.0. The van der Waals surface area contributed by atoms with Crippen LogP contribution in [0.15, 0.2) is 18.5 Å². The molecule has 0 atom stereocenters. The van der Waals surface area contributed by atoms with E-state index in [1.807, 2.05) is 0 Å². The molecule has 0 saturated carbocycles. The molecule has 0 radical (unpaired) electrons. The number of nitriles is 1. The van der Waals surface area contributed by atoms with E-state index in [1.165, 1.54) is 0 Å². The van der Waals surface area contributed by atoms with Crippen LogP contribution in [-0.2, 0) is 0 Å². The van der Waals surface area contributed by atoms with E-state index in [9.17, 15) is 0 Å². The molecular weight excluding hydrogens is 190 g/mol. The topological polar surface area (TPSA) is 57.9 Å². The molecule has 0 aromatic carbocycles. The molecule has 1 rings (SSSR count). The van der Waals surface area contributed by atoms with Crippen LogP contribution in [0.25, 0.3) is 0 Å². The Hall–Kier alpha value is -1.60. The lowest BCUT2D eigenvalue weighted by Gasteiger charge is -2.09. The lowest BCUT2D eigenvalue weighted by Crippen LogP contribution is -2.27. The zero-order valence-electron chi connectivity index (χ0n) is 9.03. The van der Waals surface area contributed by atoms with Crippen molar-refractivity contribution in [1.29, 1.82) is 5.26 Å². The molecule has 0 unspecified atom stereocenters. The van der Waals surface area contributed by atoms with Gasteiger partial charge in [-0.05, 0) is 6.07 Å². The molecule has 4 heteroatoms. The zero-order valence-corrected chi connectivity index (χ0v) is 9.03. The van der Waals surface area contributed by atoms with E-state index >= 15 is 0 Å². The number of hydrogen-bond acceptors (Lipinski definition) is 4. The Balaban J connectivity index is 2.41. The van der Waals surface area contributed by atoms with Crippen LogP contribution >= 0.6 is 0 Å². The predicted molar refractivity (Wildman–Crippen MR) is 57.6 cm³/mol. The van der Waals surface area contributed by atoms with Crippen molar-refractivity contribution in [2.75, 3.05) is 13.2 Å². The SMILES string of the molecule is CC(C)NCCOc1cnccc1C#N. The van der Waals surface area contributed by atoms with Gasteiger partial charge >= 0.3 is 0 Å². The van der Waals surface area contributed by atoms with Crippen LogP contribution in [0.5, 0.6) is 5.75 Å². The molecular formula is C11H15N3O. The molecule has 0 saturated heterocycles. The highest BCUT2D eigenvalue weighted by Gasteiger charge is 2.01. The molecule has 1 aromatic rings. The van der Waals surface area contributed by atoms with Gasteiger partial charge in [0, 0.05) is 18.8 Å². The molecule has 0 fully saturated rings. The third-order valence-corrected chi connectivity index (χ3v) is 1.82. The summed E-state index contributed by atoms with van der Waals surface area (Å²) < 4.78 is 5.43. The Morgan fingerprint density at radius 3 is 3.07 bits per heavy atom. The summed E-state index contributed by atoms with van der Waals surface area (Å²) in [5.41, 5.74) is 0.523. The number of aromatic nitrogens is 1. The van der Waals surface area contributed by atoms with Crippen molar-refractivity contribution >= 4 is 0 Å². The average Bonchev–Trinajstić information content (AvgIpc) is 2.24. The Kier molecular flexibility index (Phi) is 4.58. The molecule has 1 N–H and O–H groups in total. The first-order valence-electron chi connectivity index (χ1n) is 4.94. The predicted octanol–water partition coefficient (Wildman–Crippen LogP) is 1.33. The van der Waals surface area contributed by atoms with Gasteiger partial charge in [-0.15, -0.1) is 0 Å². The number of rotatable bonds is 5. The Bertz CT molecular complexity index is 344. The second-order valence-electron chi connectivity index (χ2n) is 3.44. The van der Waals surface area contributed by atoms with Crippen LogP contribution in [0.1, 0.15) is 19.4 Å². The lowest BCUT2D eigenvalue weighted by atomic mass is 10.3. The molecule has 0 amide bonds. The molecule has 0 aliphatic rings. The summed E-state index contributed by atoms with van der Waals surface area (Å²) in [6.45, 7) is 5.45. The maximum absolute atomic E-state index is 8.79. The highest BCUT2D eigenvalue weighted by molar-refractivity contribution is 5.40. The van der Waals surface area contributed by atoms with Crippen LogP contribution in [0.2, 0.25) is 0 Å². The summed E-state index contributed by atoms with van der Waals surface area (Å²) in [7, 11) is 0. The van der Waals surface area contributed by atoms with Gasteiger partial charge < -0.3 is 10.1 Å². The summed E-state index contributed by atoms with van der Waals surface area (Å²) in [6.07, 6.45) is 3.14. The fourth-order valence-corrected chi connectivity index (χ4v) is 1.10. The van der Waals surface area contributed by atoms with Gasteiger partial charge in [0.15, 0.2) is 5.75 Å². The average molecular weight is 205 g/mol. The third kappa shape index (κ3) is 3.96. The number of hydrogen-bond donors (Lipinski definition) is 1. The fourth-order valence-electron chi connectivity index (χ4n) is 1.10. The van der Waals surface area contributed by atoms with Gasteiger partial charge in [0.1, 0.15) is 12.7 Å². The van der Waals surface area contributed by atoms with Crippen LogP contribution in [0.3, 0.4) is 0 Å². The van der Waals surface area contributed by atoms with Gasteiger partial charge in [-0.3, -0.25) is 4.98 Å². The zero-order chi connectivity index (χ0) is 11.1. The van der Waals surface area contributed by atoms with Gasteiger partial charge in [0.25, 0.3) is 0 Å². The van der Waals surface area contributed by atoms with E-state index in [0.29, 0.717) is 24.0 Å². The fraction of sp³-hybridized carbons (Fsp3) is 0.455. The highest BCUT2D eigenvalue weighted by Crippen LogP contribution is 2.14. The Morgan fingerprint density at radius 1 is 1.60 bits per heavy atom. The van der Waals surface area contributed by atoms with Crippen LogP contribution in [0.4, 0.5) is 0 Å². The van der Waals surface area contributed by atoms with Gasteiger partial charge in [-0.2, -0.15) is 5.26 Å². The molecule has 4 nitrogen and oxygen atoms in total. The van der Waals surface area contributed by atoms with Gasteiger partial charge in [-0.1, -0.05) is 13.8 Å². The molecule has 0 aliphatic heterocycles. The monoisotopic (exact) mass is 205 g/mol. The van der Waals surface area contributed by atoms with E-state index in [0.717, 1.165) is 6.54 Å². The summed E-state index contributed by atoms with van der Waals surface area (Å²) in [6, 6.07) is 4.15. The van der Waals surface area contributed by atoms with E-state index in [4.69, 9.17) is 10.00 Å². The minimum absolute atomic E-state index is 0.443. The van der Waals surface area contributed by atoms with Crippen molar-refractivity contribution in [1.82, 2.24) is 10.3 Å². The largest absolute Gasteiger partial charge is 0.489 e. The maximum Gasteiger partial charge on any atom is 0.155 e. The van der Waals surface area contributed by atoms with Crippen molar-refractivity contribution in [2.24, 2.45) is 0 Å². The summed E-state index contributed by atoms with van der Waals surface area (Å²) >= 11 is 0. The number of ether oxygens (including phenoxy) is 1. The highest BCUT2D eigenvalue weighted by atomic mass is 16.5. The van der Waals surface area contributed by atoms with Crippen molar-refractivity contribution in [3.63, 3.8) is 0 Å². The molecule has 0 aliphatic carbocycles. The van der Waals surface area contributed by atoms with E-state index in [2.05, 4.69) is 30.2 Å². The molecule has 15 heavy (non-hydrogen) atoms. The number of nitrogens with one attached hydrogen (secondary N) is 1. The van der Waals surface area contributed by atoms with Gasteiger partial charge in [-0.25, -0.2) is 0 Å². The second-order valence-corrected chi connectivity index (χ2v) is 3.44. The van der Waals surface area contributed by atoms with Crippen molar-refractivity contribution < 1.29 is 4.74 Å². The lowest BCUT2D eigenvalue weighted by molar-refractivity contribution is 0.307. The molecule has 80 valence electrons. The molecule has 1 heterocycles.